The second-order valence-corrected chi connectivity index (χ2v) is 16.2. The van der Waals surface area contributed by atoms with Crippen LogP contribution in [0.15, 0.2) is 0 Å². The van der Waals surface area contributed by atoms with Gasteiger partial charge in [0.1, 0.15) is 0 Å². The second kappa shape index (κ2) is 43.1. The molecule has 0 fully saturated rings. The number of carbonyl (C=O) groups excluding carboxylic acids is 2. The molecule has 0 aliphatic carbocycles. The first-order valence-corrected chi connectivity index (χ1v) is 23.1. The van der Waals surface area contributed by atoms with E-state index < -0.39 is 0 Å². The zero-order chi connectivity index (χ0) is 37.1. The number of carbonyl (C=O) groups is 2. The summed E-state index contributed by atoms with van der Waals surface area (Å²) in [6, 6.07) is 0. The average molecular weight is 722 g/mol. The average Bonchev–Trinajstić information content (AvgIpc) is 3.11. The standard InChI is InChI=1S/C46H91NO4/c1-4-5-6-7-8-9-10-11-14-18-23-28-33-38-43-51-46(49)47-41-36-31-26-21-20-25-30-35-40-45(48)50-42-37-32-27-22-17-15-12-13-16-19-24-29-34-39-44(2)3/h44H,4-43H2,1-3H3,(H,47,49). The zero-order valence-corrected chi connectivity index (χ0v) is 35.0. The molecular formula is C46H91NO4. The summed E-state index contributed by atoms with van der Waals surface area (Å²) in [6.07, 6.45) is 47.0. The van der Waals surface area contributed by atoms with E-state index in [0.717, 1.165) is 50.9 Å². The number of hydrogen-bond donors (Lipinski definition) is 1. The minimum absolute atomic E-state index is 0.0134. The predicted molar refractivity (Wildman–Crippen MR) is 222 cm³/mol. The van der Waals surface area contributed by atoms with Crippen molar-refractivity contribution in [1.29, 1.82) is 0 Å². The Morgan fingerprint density at radius 3 is 1.16 bits per heavy atom. The molecule has 304 valence electrons. The lowest BCUT2D eigenvalue weighted by Crippen LogP contribution is -2.25. The van der Waals surface area contributed by atoms with E-state index in [-0.39, 0.29) is 12.1 Å². The van der Waals surface area contributed by atoms with Crippen LogP contribution in [0.3, 0.4) is 0 Å². The highest BCUT2D eigenvalue weighted by atomic mass is 16.5. The number of hydrogen-bond acceptors (Lipinski definition) is 4. The SMILES string of the molecule is CCCCCCCCCCCCCCCCOC(=O)NCCCCCCCCCCC(=O)OCCCCCCCCCCCCCCCC(C)C. The molecule has 5 heteroatoms. The zero-order valence-electron chi connectivity index (χ0n) is 35.0. The molecule has 1 N–H and O–H groups in total. The summed E-state index contributed by atoms with van der Waals surface area (Å²) in [7, 11) is 0. The van der Waals surface area contributed by atoms with Crippen molar-refractivity contribution >= 4 is 12.1 Å². The van der Waals surface area contributed by atoms with Crippen LogP contribution in [0.5, 0.6) is 0 Å². The maximum Gasteiger partial charge on any atom is 0.407 e. The van der Waals surface area contributed by atoms with E-state index in [4.69, 9.17) is 9.47 Å². The molecule has 0 spiro atoms. The Morgan fingerprint density at radius 1 is 0.412 bits per heavy atom. The van der Waals surface area contributed by atoms with Gasteiger partial charge in [0, 0.05) is 13.0 Å². The molecule has 0 radical (unpaired) electrons. The molecule has 0 atom stereocenters. The molecule has 0 heterocycles. The quantitative estimate of drug-likeness (QED) is 0.0503. The van der Waals surface area contributed by atoms with Gasteiger partial charge in [-0.1, -0.05) is 226 Å². The Kier molecular flexibility index (Phi) is 42.1. The largest absolute Gasteiger partial charge is 0.466 e. The number of alkyl carbamates (subject to hydrolysis) is 1. The van der Waals surface area contributed by atoms with Crippen LogP contribution in [-0.4, -0.2) is 31.8 Å². The molecule has 0 rings (SSSR count). The van der Waals surface area contributed by atoms with Crippen LogP contribution in [0.25, 0.3) is 0 Å². The van der Waals surface area contributed by atoms with E-state index >= 15 is 0 Å². The monoisotopic (exact) mass is 722 g/mol. The fourth-order valence-electron chi connectivity index (χ4n) is 7.02. The number of unbranched alkanes of at least 4 members (excludes halogenated alkanes) is 32. The van der Waals surface area contributed by atoms with Crippen LogP contribution < -0.4 is 5.32 Å². The van der Waals surface area contributed by atoms with Gasteiger partial charge in [0.05, 0.1) is 13.2 Å². The molecule has 0 bridgehead atoms. The molecule has 0 aliphatic heterocycles. The van der Waals surface area contributed by atoms with Crippen molar-refractivity contribution in [2.75, 3.05) is 19.8 Å². The fraction of sp³-hybridized carbons (Fsp3) is 0.957. The first-order chi connectivity index (χ1) is 25.1. The highest BCUT2D eigenvalue weighted by molar-refractivity contribution is 5.69. The van der Waals surface area contributed by atoms with Gasteiger partial charge in [0.15, 0.2) is 0 Å². The smallest absolute Gasteiger partial charge is 0.407 e. The Hall–Kier alpha value is -1.26. The topological polar surface area (TPSA) is 64.6 Å². The molecule has 0 aromatic carbocycles. The maximum absolute atomic E-state index is 12.0. The molecule has 0 aliphatic rings. The fourth-order valence-corrected chi connectivity index (χ4v) is 7.02. The van der Waals surface area contributed by atoms with E-state index in [9.17, 15) is 9.59 Å². The number of ether oxygens (including phenoxy) is 2. The van der Waals surface area contributed by atoms with Crippen molar-refractivity contribution in [3.05, 3.63) is 0 Å². The molecule has 5 nitrogen and oxygen atoms in total. The maximum atomic E-state index is 12.0. The number of amides is 1. The van der Waals surface area contributed by atoms with Gasteiger partial charge in [-0.25, -0.2) is 4.79 Å². The molecule has 0 aromatic heterocycles. The first-order valence-electron chi connectivity index (χ1n) is 23.1. The number of rotatable bonds is 42. The van der Waals surface area contributed by atoms with Gasteiger partial charge < -0.3 is 14.8 Å². The first kappa shape index (κ1) is 49.7. The minimum Gasteiger partial charge on any atom is -0.466 e. The molecule has 0 saturated carbocycles. The van der Waals surface area contributed by atoms with E-state index in [0.29, 0.717) is 26.2 Å². The summed E-state index contributed by atoms with van der Waals surface area (Å²) < 4.78 is 10.8. The van der Waals surface area contributed by atoms with Crippen molar-refractivity contribution in [2.45, 2.75) is 258 Å². The normalized spacial score (nSPS) is 11.4. The summed E-state index contributed by atoms with van der Waals surface area (Å²) in [5.74, 6) is 0.850. The van der Waals surface area contributed by atoms with Gasteiger partial charge in [-0.15, -0.1) is 0 Å². The molecule has 0 aromatic rings. The number of esters is 1. The minimum atomic E-state index is -0.257. The second-order valence-electron chi connectivity index (χ2n) is 16.2. The molecule has 1 amide bonds. The van der Waals surface area contributed by atoms with Gasteiger partial charge >= 0.3 is 12.1 Å². The summed E-state index contributed by atoms with van der Waals surface area (Å²) >= 11 is 0. The molecule has 51 heavy (non-hydrogen) atoms. The summed E-state index contributed by atoms with van der Waals surface area (Å²) in [5, 5.41) is 2.90. The lowest BCUT2D eigenvalue weighted by Gasteiger charge is -2.07. The summed E-state index contributed by atoms with van der Waals surface area (Å²) in [6.45, 7) is 8.78. The lowest BCUT2D eigenvalue weighted by molar-refractivity contribution is -0.143. The van der Waals surface area contributed by atoms with Crippen molar-refractivity contribution in [3.63, 3.8) is 0 Å². The Bertz CT molecular complexity index is 697. The third-order valence-electron chi connectivity index (χ3n) is 10.5. The van der Waals surface area contributed by atoms with Gasteiger partial charge in [-0.2, -0.15) is 0 Å². The molecular weight excluding hydrogens is 631 g/mol. The summed E-state index contributed by atoms with van der Waals surface area (Å²) in [4.78, 5) is 23.9. The highest BCUT2D eigenvalue weighted by Gasteiger charge is 2.04. The third-order valence-corrected chi connectivity index (χ3v) is 10.5. The van der Waals surface area contributed by atoms with Crippen LogP contribution in [0, 0.1) is 5.92 Å². The summed E-state index contributed by atoms with van der Waals surface area (Å²) in [5.41, 5.74) is 0. The van der Waals surface area contributed by atoms with E-state index in [2.05, 4.69) is 26.1 Å². The van der Waals surface area contributed by atoms with E-state index in [1.54, 1.807) is 0 Å². The van der Waals surface area contributed by atoms with E-state index in [1.807, 2.05) is 0 Å². The Morgan fingerprint density at radius 2 is 0.745 bits per heavy atom. The van der Waals surface area contributed by atoms with Crippen molar-refractivity contribution in [1.82, 2.24) is 5.32 Å². The third kappa shape index (κ3) is 44.8. The van der Waals surface area contributed by atoms with Gasteiger partial charge in [0.25, 0.3) is 0 Å². The molecule has 0 saturated heterocycles. The van der Waals surface area contributed by atoms with Gasteiger partial charge in [0.2, 0.25) is 0 Å². The Labute approximate surface area is 319 Å². The van der Waals surface area contributed by atoms with Crippen molar-refractivity contribution < 1.29 is 19.1 Å². The van der Waals surface area contributed by atoms with E-state index in [1.165, 1.54) is 186 Å². The molecule has 0 unspecified atom stereocenters. The lowest BCUT2D eigenvalue weighted by atomic mass is 10.0. The predicted octanol–water partition coefficient (Wildman–Crippen LogP) is 15.4. The van der Waals surface area contributed by atoms with Gasteiger partial charge in [-0.3, -0.25) is 4.79 Å². The van der Waals surface area contributed by atoms with Crippen molar-refractivity contribution in [2.24, 2.45) is 5.92 Å². The highest BCUT2D eigenvalue weighted by Crippen LogP contribution is 2.16. The number of nitrogens with one attached hydrogen (secondary N) is 1. The van der Waals surface area contributed by atoms with Crippen LogP contribution in [-0.2, 0) is 14.3 Å². The van der Waals surface area contributed by atoms with Crippen LogP contribution in [0.4, 0.5) is 4.79 Å². The van der Waals surface area contributed by atoms with Crippen LogP contribution in [0.1, 0.15) is 258 Å². The Balaban J connectivity index is 3.23. The van der Waals surface area contributed by atoms with Crippen LogP contribution in [0.2, 0.25) is 0 Å². The van der Waals surface area contributed by atoms with Gasteiger partial charge in [-0.05, 0) is 31.6 Å². The van der Waals surface area contributed by atoms with Crippen LogP contribution >= 0.6 is 0 Å². The van der Waals surface area contributed by atoms with Crippen molar-refractivity contribution in [3.8, 4) is 0 Å².